The Morgan fingerprint density at radius 2 is 2.04 bits per heavy atom. The van der Waals surface area contributed by atoms with Gasteiger partial charge in [0.05, 0.1) is 19.3 Å². The van der Waals surface area contributed by atoms with Crippen molar-refractivity contribution in [2.45, 2.75) is 25.8 Å². The third-order valence-electron chi connectivity index (χ3n) is 3.78. The van der Waals surface area contributed by atoms with E-state index < -0.39 is 0 Å². The van der Waals surface area contributed by atoms with Crippen molar-refractivity contribution in [1.29, 1.82) is 0 Å². The summed E-state index contributed by atoms with van der Waals surface area (Å²) in [6, 6.07) is 10.2. The first kappa shape index (κ1) is 16.9. The molecule has 2 rings (SSSR count). The SMILES string of the molecule is CN=C(NCCC(C)c1ccc(OC)cc1)NCc1ccn[nH]1. The van der Waals surface area contributed by atoms with Crippen LogP contribution in [0.5, 0.6) is 5.75 Å². The molecule has 0 aliphatic rings. The van der Waals surface area contributed by atoms with Crippen LogP contribution in [0.15, 0.2) is 41.5 Å². The summed E-state index contributed by atoms with van der Waals surface area (Å²) in [6.45, 7) is 3.76. The molecule has 0 amide bonds. The molecular formula is C17H25N5O. The van der Waals surface area contributed by atoms with Crippen molar-refractivity contribution in [1.82, 2.24) is 20.8 Å². The van der Waals surface area contributed by atoms with Crippen LogP contribution in [0.25, 0.3) is 0 Å². The number of methoxy groups -OCH3 is 1. The second-order valence-electron chi connectivity index (χ2n) is 5.40. The van der Waals surface area contributed by atoms with Gasteiger partial charge in [0.25, 0.3) is 0 Å². The quantitative estimate of drug-likeness (QED) is 0.541. The fourth-order valence-electron chi connectivity index (χ4n) is 2.29. The first-order valence-electron chi connectivity index (χ1n) is 7.79. The molecule has 6 heteroatoms. The lowest BCUT2D eigenvalue weighted by Gasteiger charge is -2.15. The zero-order valence-corrected chi connectivity index (χ0v) is 14.0. The summed E-state index contributed by atoms with van der Waals surface area (Å²) in [5, 5.41) is 13.4. The number of H-pyrrole nitrogens is 1. The van der Waals surface area contributed by atoms with Gasteiger partial charge in [-0.25, -0.2) is 0 Å². The van der Waals surface area contributed by atoms with Gasteiger partial charge in [-0.2, -0.15) is 5.10 Å². The van der Waals surface area contributed by atoms with Crippen molar-refractivity contribution in [2.75, 3.05) is 20.7 Å². The van der Waals surface area contributed by atoms with Crippen LogP contribution in [-0.2, 0) is 6.54 Å². The number of ether oxygens (including phenoxy) is 1. The lowest BCUT2D eigenvalue weighted by Crippen LogP contribution is -2.37. The van der Waals surface area contributed by atoms with Gasteiger partial charge in [0.2, 0.25) is 0 Å². The summed E-state index contributed by atoms with van der Waals surface area (Å²) in [4.78, 5) is 4.22. The minimum Gasteiger partial charge on any atom is -0.497 e. The molecule has 0 saturated carbocycles. The number of hydrogen-bond donors (Lipinski definition) is 3. The average Bonchev–Trinajstić information content (AvgIpc) is 3.11. The highest BCUT2D eigenvalue weighted by Crippen LogP contribution is 2.21. The van der Waals surface area contributed by atoms with Crippen LogP contribution in [0.2, 0.25) is 0 Å². The van der Waals surface area contributed by atoms with Crippen LogP contribution in [0.4, 0.5) is 0 Å². The standard InChI is InChI=1S/C17H25N5O/c1-13(14-4-6-16(23-3)7-5-14)8-10-19-17(18-2)20-12-15-9-11-21-22-15/h4-7,9,11,13H,8,10,12H2,1-3H3,(H,21,22)(H2,18,19,20). The van der Waals surface area contributed by atoms with Crippen LogP contribution in [-0.4, -0.2) is 36.9 Å². The number of rotatable bonds is 7. The molecule has 2 aromatic rings. The second-order valence-corrected chi connectivity index (χ2v) is 5.40. The molecule has 3 N–H and O–H groups in total. The van der Waals surface area contributed by atoms with Crippen LogP contribution >= 0.6 is 0 Å². The Kier molecular flexibility index (Phi) is 6.47. The third kappa shape index (κ3) is 5.32. The zero-order valence-electron chi connectivity index (χ0n) is 14.0. The van der Waals surface area contributed by atoms with Crippen molar-refractivity contribution < 1.29 is 4.74 Å². The van der Waals surface area contributed by atoms with Gasteiger partial charge in [-0.1, -0.05) is 19.1 Å². The van der Waals surface area contributed by atoms with E-state index in [9.17, 15) is 0 Å². The van der Waals surface area contributed by atoms with Gasteiger partial charge in [-0.15, -0.1) is 0 Å². The Morgan fingerprint density at radius 3 is 2.65 bits per heavy atom. The summed E-state index contributed by atoms with van der Waals surface area (Å²) in [6.07, 6.45) is 2.76. The third-order valence-corrected chi connectivity index (χ3v) is 3.78. The molecule has 1 atom stereocenters. The smallest absolute Gasteiger partial charge is 0.191 e. The topological polar surface area (TPSA) is 74.3 Å². The molecule has 0 bridgehead atoms. The summed E-state index contributed by atoms with van der Waals surface area (Å²) in [5.41, 5.74) is 2.34. The number of benzene rings is 1. The van der Waals surface area contributed by atoms with Gasteiger partial charge in [0, 0.05) is 19.8 Å². The first-order chi connectivity index (χ1) is 11.2. The molecule has 0 aliphatic heterocycles. The maximum Gasteiger partial charge on any atom is 0.191 e. The number of nitrogens with one attached hydrogen (secondary N) is 3. The van der Waals surface area contributed by atoms with E-state index >= 15 is 0 Å². The summed E-state index contributed by atoms with van der Waals surface area (Å²) >= 11 is 0. The number of hydrogen-bond acceptors (Lipinski definition) is 3. The van der Waals surface area contributed by atoms with E-state index in [4.69, 9.17) is 4.74 Å². The predicted molar refractivity (Wildman–Crippen MR) is 92.8 cm³/mol. The molecule has 0 radical (unpaired) electrons. The van der Waals surface area contributed by atoms with Crippen molar-refractivity contribution in [3.05, 3.63) is 47.8 Å². The summed E-state index contributed by atoms with van der Waals surface area (Å²) in [7, 11) is 3.46. The molecule has 0 aliphatic carbocycles. The van der Waals surface area contributed by atoms with Gasteiger partial charge >= 0.3 is 0 Å². The number of aliphatic imine (C=N–C) groups is 1. The number of aromatic amines is 1. The lowest BCUT2D eigenvalue weighted by atomic mass is 9.98. The first-order valence-corrected chi connectivity index (χ1v) is 7.79. The Bertz CT molecular complexity index is 592. The normalized spacial score (nSPS) is 12.7. The maximum absolute atomic E-state index is 5.19. The van der Waals surface area contributed by atoms with E-state index in [1.165, 1.54) is 5.56 Å². The van der Waals surface area contributed by atoms with Crippen LogP contribution in [0.1, 0.15) is 30.5 Å². The van der Waals surface area contributed by atoms with E-state index in [1.54, 1.807) is 20.4 Å². The predicted octanol–water partition coefficient (Wildman–Crippen LogP) is 2.28. The molecule has 1 aromatic heterocycles. The highest BCUT2D eigenvalue weighted by atomic mass is 16.5. The highest BCUT2D eigenvalue weighted by Gasteiger charge is 2.06. The van der Waals surface area contributed by atoms with E-state index in [1.807, 2.05) is 18.2 Å². The summed E-state index contributed by atoms with van der Waals surface area (Å²) < 4.78 is 5.19. The molecule has 0 spiro atoms. The minimum absolute atomic E-state index is 0.471. The Hall–Kier alpha value is -2.50. The van der Waals surface area contributed by atoms with Crippen molar-refractivity contribution in [3.8, 4) is 5.75 Å². The highest BCUT2D eigenvalue weighted by molar-refractivity contribution is 5.79. The van der Waals surface area contributed by atoms with E-state index in [2.05, 4.69) is 44.9 Å². The molecule has 23 heavy (non-hydrogen) atoms. The van der Waals surface area contributed by atoms with Crippen molar-refractivity contribution >= 4 is 5.96 Å². The maximum atomic E-state index is 5.19. The molecule has 1 aromatic carbocycles. The van der Waals surface area contributed by atoms with Crippen LogP contribution in [0, 0.1) is 0 Å². The molecule has 6 nitrogen and oxygen atoms in total. The Morgan fingerprint density at radius 1 is 1.26 bits per heavy atom. The fourth-order valence-corrected chi connectivity index (χ4v) is 2.29. The largest absolute Gasteiger partial charge is 0.497 e. The molecule has 0 saturated heterocycles. The van der Waals surface area contributed by atoms with Gasteiger partial charge in [-0.05, 0) is 36.1 Å². The Labute approximate surface area is 137 Å². The van der Waals surface area contributed by atoms with E-state index in [-0.39, 0.29) is 0 Å². The van der Waals surface area contributed by atoms with Gasteiger partial charge in [0.15, 0.2) is 5.96 Å². The Balaban J connectivity index is 1.73. The lowest BCUT2D eigenvalue weighted by molar-refractivity contribution is 0.414. The van der Waals surface area contributed by atoms with Gasteiger partial charge < -0.3 is 15.4 Å². The van der Waals surface area contributed by atoms with Crippen LogP contribution in [0.3, 0.4) is 0 Å². The van der Waals surface area contributed by atoms with E-state index in [0.717, 1.165) is 30.4 Å². The number of nitrogens with zero attached hydrogens (tertiary/aromatic N) is 2. The number of aromatic nitrogens is 2. The zero-order chi connectivity index (χ0) is 16.5. The molecular weight excluding hydrogens is 290 g/mol. The van der Waals surface area contributed by atoms with Gasteiger partial charge in [-0.3, -0.25) is 10.1 Å². The minimum atomic E-state index is 0.471. The monoisotopic (exact) mass is 315 g/mol. The van der Waals surface area contributed by atoms with Crippen molar-refractivity contribution in [3.63, 3.8) is 0 Å². The summed E-state index contributed by atoms with van der Waals surface area (Å²) in [5.74, 6) is 2.16. The number of guanidine groups is 1. The van der Waals surface area contributed by atoms with E-state index in [0.29, 0.717) is 12.5 Å². The molecule has 0 fully saturated rings. The molecule has 1 heterocycles. The molecule has 124 valence electrons. The average molecular weight is 315 g/mol. The van der Waals surface area contributed by atoms with Gasteiger partial charge in [0.1, 0.15) is 5.75 Å². The second kappa shape index (κ2) is 8.82. The fraction of sp³-hybridized carbons (Fsp3) is 0.412. The molecule has 1 unspecified atom stereocenters. The van der Waals surface area contributed by atoms with Crippen LogP contribution < -0.4 is 15.4 Å². The van der Waals surface area contributed by atoms with Crippen molar-refractivity contribution in [2.24, 2.45) is 4.99 Å².